The number of hydrogen-bond acceptors (Lipinski definition) is 7. The standard InChI is InChI=1S/C21H30O7/c1-6-11(2)10-14(22)27-19-18-15(13(4)20(25)28-18)17(24)16(23)12(3)8-7-9-21(19,5)26/h10,12,15,17-19,24,26H,4,6-9H2,1-3,5H3/b11-10+/t12-,15-,17-,18+,19-,21+/m0/s1. The van der Waals surface area contributed by atoms with E-state index < -0.39 is 53.5 Å². The number of esters is 2. The summed E-state index contributed by atoms with van der Waals surface area (Å²) in [7, 11) is 0. The molecule has 1 aliphatic carbocycles. The third-order valence-electron chi connectivity index (χ3n) is 5.78. The molecule has 1 aliphatic heterocycles. The predicted octanol–water partition coefficient (Wildman–Crippen LogP) is 1.85. The molecule has 7 heteroatoms. The fourth-order valence-electron chi connectivity index (χ4n) is 3.76. The zero-order chi connectivity index (χ0) is 21.2. The molecule has 2 rings (SSSR count). The van der Waals surface area contributed by atoms with Crippen molar-refractivity contribution in [2.24, 2.45) is 11.8 Å². The van der Waals surface area contributed by atoms with E-state index in [1.54, 1.807) is 13.8 Å². The molecule has 0 spiro atoms. The van der Waals surface area contributed by atoms with E-state index in [0.717, 1.165) is 5.57 Å². The Morgan fingerprint density at radius 3 is 2.68 bits per heavy atom. The van der Waals surface area contributed by atoms with Crippen LogP contribution in [0.1, 0.15) is 53.4 Å². The molecule has 0 aromatic carbocycles. The van der Waals surface area contributed by atoms with Crippen LogP contribution >= 0.6 is 0 Å². The van der Waals surface area contributed by atoms with Crippen LogP contribution in [0.15, 0.2) is 23.8 Å². The van der Waals surface area contributed by atoms with Crippen LogP contribution < -0.4 is 0 Å². The van der Waals surface area contributed by atoms with Crippen molar-refractivity contribution in [3.63, 3.8) is 0 Å². The average molecular weight is 394 g/mol. The summed E-state index contributed by atoms with van der Waals surface area (Å²) >= 11 is 0. The van der Waals surface area contributed by atoms with Crippen LogP contribution in [0.5, 0.6) is 0 Å². The van der Waals surface area contributed by atoms with Crippen molar-refractivity contribution in [3.8, 4) is 0 Å². The summed E-state index contributed by atoms with van der Waals surface area (Å²) in [5, 5.41) is 21.7. The summed E-state index contributed by atoms with van der Waals surface area (Å²) in [6.07, 6.45) is -0.817. The Labute approximate surface area is 165 Å². The largest absolute Gasteiger partial charge is 0.454 e. The van der Waals surface area contributed by atoms with Crippen molar-refractivity contribution >= 4 is 17.7 Å². The average Bonchev–Trinajstić information content (AvgIpc) is 2.91. The van der Waals surface area contributed by atoms with Crippen molar-refractivity contribution < 1.29 is 34.1 Å². The molecule has 156 valence electrons. The van der Waals surface area contributed by atoms with Crippen molar-refractivity contribution in [1.82, 2.24) is 0 Å². The lowest BCUT2D eigenvalue weighted by atomic mass is 9.76. The first-order valence-electron chi connectivity index (χ1n) is 9.71. The number of ketones is 1. The van der Waals surface area contributed by atoms with Crippen molar-refractivity contribution in [3.05, 3.63) is 23.8 Å². The van der Waals surface area contributed by atoms with E-state index in [0.29, 0.717) is 19.3 Å². The molecule has 28 heavy (non-hydrogen) atoms. The van der Waals surface area contributed by atoms with Gasteiger partial charge in [0.15, 0.2) is 18.0 Å². The summed E-state index contributed by atoms with van der Waals surface area (Å²) in [6, 6.07) is 0. The summed E-state index contributed by atoms with van der Waals surface area (Å²) in [4.78, 5) is 37.1. The lowest BCUT2D eigenvalue weighted by molar-refractivity contribution is -0.187. The van der Waals surface area contributed by atoms with Crippen LogP contribution in [0, 0.1) is 11.8 Å². The van der Waals surface area contributed by atoms with Crippen LogP contribution in [0.3, 0.4) is 0 Å². The molecule has 7 nitrogen and oxygen atoms in total. The summed E-state index contributed by atoms with van der Waals surface area (Å²) in [6.45, 7) is 10.5. The second-order valence-corrected chi connectivity index (χ2v) is 8.12. The quantitative estimate of drug-likeness (QED) is 0.555. The van der Waals surface area contributed by atoms with Gasteiger partial charge < -0.3 is 19.7 Å². The summed E-state index contributed by atoms with van der Waals surface area (Å²) in [5.74, 6) is -3.39. The third kappa shape index (κ3) is 4.52. The Hall–Kier alpha value is -1.99. The Kier molecular flexibility index (Phi) is 6.83. The molecule has 2 aliphatic rings. The molecule has 0 radical (unpaired) electrons. The van der Waals surface area contributed by atoms with Crippen LogP contribution in [-0.4, -0.2) is 51.8 Å². The molecular formula is C21H30O7. The minimum atomic E-state index is -1.53. The number of carbonyl (C=O) groups excluding carboxylic acids is 3. The molecule has 1 saturated heterocycles. The van der Waals surface area contributed by atoms with E-state index in [9.17, 15) is 24.6 Å². The van der Waals surface area contributed by atoms with Crippen LogP contribution in [0.4, 0.5) is 0 Å². The van der Waals surface area contributed by atoms with E-state index in [1.807, 2.05) is 6.92 Å². The molecule has 0 aromatic rings. The SMILES string of the molecule is C=C1C(=O)O[C@@H]2[C@@H]1[C@H](O)C(=O)[C@@H](C)CCC[C@@](C)(O)[C@H]2OC(=O)/C=C(\C)CC. The molecule has 0 unspecified atom stereocenters. The highest BCUT2D eigenvalue weighted by atomic mass is 16.6. The molecule has 2 N–H and O–H groups in total. The van der Waals surface area contributed by atoms with Gasteiger partial charge in [-0.25, -0.2) is 9.59 Å². The fraction of sp³-hybridized carbons (Fsp3) is 0.667. The van der Waals surface area contributed by atoms with Gasteiger partial charge in [0, 0.05) is 17.6 Å². The van der Waals surface area contributed by atoms with Gasteiger partial charge in [-0.15, -0.1) is 0 Å². The number of rotatable bonds is 3. The van der Waals surface area contributed by atoms with Gasteiger partial charge in [-0.3, -0.25) is 4.79 Å². The third-order valence-corrected chi connectivity index (χ3v) is 5.78. The van der Waals surface area contributed by atoms with E-state index in [-0.39, 0.29) is 12.0 Å². The normalized spacial score (nSPS) is 37.3. The van der Waals surface area contributed by atoms with E-state index in [1.165, 1.54) is 13.0 Å². The highest BCUT2D eigenvalue weighted by Crippen LogP contribution is 2.39. The molecular weight excluding hydrogens is 364 g/mol. The number of aliphatic hydroxyl groups excluding tert-OH is 1. The zero-order valence-electron chi connectivity index (χ0n) is 16.9. The lowest BCUT2D eigenvalue weighted by Gasteiger charge is -2.39. The van der Waals surface area contributed by atoms with Gasteiger partial charge in [0.05, 0.1) is 5.92 Å². The minimum absolute atomic E-state index is 0.0595. The second kappa shape index (κ2) is 8.57. The van der Waals surface area contributed by atoms with Gasteiger partial charge in [0.2, 0.25) is 0 Å². The number of ether oxygens (including phenoxy) is 2. The van der Waals surface area contributed by atoms with Crippen LogP contribution in [-0.2, 0) is 23.9 Å². The number of carbonyl (C=O) groups is 3. The van der Waals surface area contributed by atoms with Crippen molar-refractivity contribution in [1.29, 1.82) is 0 Å². The fourth-order valence-corrected chi connectivity index (χ4v) is 3.76. The van der Waals surface area contributed by atoms with Gasteiger partial charge in [-0.05, 0) is 39.5 Å². The van der Waals surface area contributed by atoms with E-state index in [4.69, 9.17) is 9.47 Å². The first-order chi connectivity index (χ1) is 13.0. The van der Waals surface area contributed by atoms with Crippen LogP contribution in [0.25, 0.3) is 0 Å². The topological polar surface area (TPSA) is 110 Å². The number of aliphatic hydroxyl groups is 2. The smallest absolute Gasteiger partial charge is 0.334 e. The molecule has 2 fully saturated rings. The summed E-state index contributed by atoms with van der Waals surface area (Å²) in [5.41, 5.74) is -0.786. The highest BCUT2D eigenvalue weighted by Gasteiger charge is 2.55. The second-order valence-electron chi connectivity index (χ2n) is 8.12. The van der Waals surface area contributed by atoms with E-state index >= 15 is 0 Å². The maximum absolute atomic E-state index is 12.6. The molecule has 1 saturated carbocycles. The number of Topliss-reactive ketones (excluding diaryl/α,β-unsaturated/α-hetero) is 1. The first kappa shape index (κ1) is 22.3. The monoisotopic (exact) mass is 394 g/mol. The Bertz CT molecular complexity index is 691. The van der Waals surface area contributed by atoms with Gasteiger partial charge >= 0.3 is 11.9 Å². The van der Waals surface area contributed by atoms with Gasteiger partial charge in [-0.1, -0.05) is 26.0 Å². The summed E-state index contributed by atoms with van der Waals surface area (Å²) < 4.78 is 10.9. The maximum atomic E-state index is 12.6. The van der Waals surface area contributed by atoms with Gasteiger partial charge in [-0.2, -0.15) is 0 Å². The predicted molar refractivity (Wildman–Crippen MR) is 101 cm³/mol. The van der Waals surface area contributed by atoms with Crippen LogP contribution in [0.2, 0.25) is 0 Å². The Morgan fingerprint density at radius 1 is 1.43 bits per heavy atom. The molecule has 6 atom stereocenters. The first-order valence-corrected chi connectivity index (χ1v) is 9.71. The number of allylic oxidation sites excluding steroid dienone is 1. The lowest BCUT2D eigenvalue weighted by Crippen LogP contribution is -2.54. The van der Waals surface area contributed by atoms with Crippen molar-refractivity contribution in [2.45, 2.75) is 77.3 Å². The van der Waals surface area contributed by atoms with Crippen molar-refractivity contribution in [2.75, 3.05) is 0 Å². The molecule has 0 amide bonds. The van der Waals surface area contributed by atoms with Gasteiger partial charge in [0.1, 0.15) is 11.7 Å². The Morgan fingerprint density at radius 2 is 2.07 bits per heavy atom. The Balaban J connectivity index is 2.46. The number of hydrogen-bond donors (Lipinski definition) is 2. The minimum Gasteiger partial charge on any atom is -0.454 e. The molecule has 1 heterocycles. The number of fused-ring (bicyclic) bond motifs is 1. The van der Waals surface area contributed by atoms with E-state index in [2.05, 4.69) is 6.58 Å². The molecule has 0 aromatic heterocycles. The molecule has 0 bridgehead atoms. The highest BCUT2D eigenvalue weighted by molar-refractivity contribution is 5.94. The van der Waals surface area contributed by atoms with Gasteiger partial charge in [0.25, 0.3) is 0 Å². The maximum Gasteiger partial charge on any atom is 0.334 e. The zero-order valence-corrected chi connectivity index (χ0v) is 16.9.